The maximum Gasteiger partial charge on any atom is 0.294 e. The van der Waals surface area contributed by atoms with Crippen LogP contribution >= 0.6 is 11.6 Å². The number of hydrogen-bond donors (Lipinski definition) is 0. The molecule has 164 valence electrons. The number of rotatable bonds is 3. The summed E-state index contributed by atoms with van der Waals surface area (Å²) < 4.78 is 17.2. The molecule has 0 spiro atoms. The lowest BCUT2D eigenvalue weighted by molar-refractivity contribution is -0.142. The summed E-state index contributed by atoms with van der Waals surface area (Å²) >= 11 is 6.27. The summed E-state index contributed by atoms with van der Waals surface area (Å²) in [6.07, 6.45) is -0.801. The van der Waals surface area contributed by atoms with Crippen LogP contribution in [-0.4, -0.2) is 55.7 Å². The molecule has 1 unspecified atom stereocenters. The summed E-state index contributed by atoms with van der Waals surface area (Å²) in [4.78, 5) is 29.8. The molecular formula is C24H21ClN2O5. The van der Waals surface area contributed by atoms with Crippen molar-refractivity contribution in [2.24, 2.45) is 0 Å². The first-order chi connectivity index (χ1) is 15.6. The van der Waals surface area contributed by atoms with Gasteiger partial charge in [-0.25, -0.2) is 0 Å². The molecule has 2 aliphatic heterocycles. The minimum absolute atomic E-state index is 0.0914. The van der Waals surface area contributed by atoms with Gasteiger partial charge in [0.2, 0.25) is 0 Å². The second kappa shape index (κ2) is 8.68. The van der Waals surface area contributed by atoms with Crippen molar-refractivity contribution in [1.82, 2.24) is 4.90 Å². The summed E-state index contributed by atoms with van der Waals surface area (Å²) in [5, 5.41) is 0.536. The Kier molecular flexibility index (Phi) is 5.59. The Labute approximate surface area is 190 Å². The van der Waals surface area contributed by atoms with E-state index in [-0.39, 0.29) is 24.1 Å². The van der Waals surface area contributed by atoms with Crippen LogP contribution in [0.25, 0.3) is 11.3 Å². The number of ether oxygens (including phenoxy) is 2. The number of fused-ring (bicyclic) bond motifs is 1. The summed E-state index contributed by atoms with van der Waals surface area (Å²) in [7, 11) is 0. The smallest absolute Gasteiger partial charge is 0.294 e. The van der Waals surface area contributed by atoms with E-state index in [1.165, 1.54) is 4.90 Å². The highest BCUT2D eigenvalue weighted by Gasteiger charge is 2.37. The van der Waals surface area contributed by atoms with Crippen molar-refractivity contribution in [3.63, 3.8) is 0 Å². The molecule has 0 bridgehead atoms. The lowest BCUT2D eigenvalue weighted by Crippen LogP contribution is -2.54. The van der Waals surface area contributed by atoms with E-state index < -0.39 is 6.10 Å². The van der Waals surface area contributed by atoms with E-state index in [0.717, 1.165) is 0 Å². The van der Waals surface area contributed by atoms with Gasteiger partial charge in [-0.3, -0.25) is 14.5 Å². The Morgan fingerprint density at radius 2 is 1.69 bits per heavy atom. The van der Waals surface area contributed by atoms with Crippen molar-refractivity contribution in [2.75, 3.05) is 37.7 Å². The second-order valence-corrected chi connectivity index (χ2v) is 7.98. The van der Waals surface area contributed by atoms with Crippen LogP contribution in [0.5, 0.6) is 5.75 Å². The third kappa shape index (κ3) is 3.85. The van der Waals surface area contributed by atoms with Crippen LogP contribution in [0.15, 0.2) is 65.1 Å². The van der Waals surface area contributed by atoms with Gasteiger partial charge >= 0.3 is 0 Å². The predicted molar refractivity (Wildman–Crippen MR) is 119 cm³/mol. The standard InChI is InChI=1S/C24H21ClN2O5/c25-17-6-2-1-5-16(17)19-9-10-21(31-19)24(29)27-15-22(23(28)26-11-13-30-14-12-26)32-20-8-4-3-7-18(20)27/h1-10,22H,11-15H2. The zero-order valence-corrected chi connectivity index (χ0v) is 18.0. The lowest BCUT2D eigenvalue weighted by Gasteiger charge is -2.37. The first kappa shape index (κ1) is 20.6. The molecule has 8 heteroatoms. The van der Waals surface area contributed by atoms with Crippen LogP contribution in [-0.2, 0) is 9.53 Å². The average molecular weight is 453 g/mol. The van der Waals surface area contributed by atoms with Crippen LogP contribution in [0.3, 0.4) is 0 Å². The van der Waals surface area contributed by atoms with Gasteiger partial charge in [0.15, 0.2) is 11.9 Å². The highest BCUT2D eigenvalue weighted by atomic mass is 35.5. The number of hydrogen-bond acceptors (Lipinski definition) is 5. The largest absolute Gasteiger partial charge is 0.476 e. The van der Waals surface area contributed by atoms with E-state index in [4.69, 9.17) is 25.5 Å². The molecule has 0 N–H and O–H groups in total. The normalized spacial score (nSPS) is 18.1. The van der Waals surface area contributed by atoms with Gasteiger partial charge in [-0.15, -0.1) is 0 Å². The molecule has 0 saturated carbocycles. The number of benzene rings is 2. The van der Waals surface area contributed by atoms with Crippen LogP contribution in [0.4, 0.5) is 5.69 Å². The minimum atomic E-state index is -0.801. The third-order valence-electron chi connectivity index (χ3n) is 5.57. The van der Waals surface area contributed by atoms with Crippen LogP contribution in [0.1, 0.15) is 10.6 Å². The molecule has 5 rings (SSSR count). The molecule has 1 atom stereocenters. The minimum Gasteiger partial charge on any atom is -0.476 e. The molecule has 2 aromatic carbocycles. The number of morpholine rings is 1. The fraction of sp³-hybridized carbons (Fsp3) is 0.250. The predicted octanol–water partition coefficient (Wildman–Crippen LogP) is 3.87. The summed E-state index contributed by atoms with van der Waals surface area (Å²) in [5.41, 5.74) is 1.30. The van der Waals surface area contributed by atoms with Crippen molar-refractivity contribution in [3.05, 3.63) is 71.4 Å². The molecular weight excluding hydrogens is 432 g/mol. The maximum absolute atomic E-state index is 13.4. The van der Waals surface area contributed by atoms with Crippen molar-refractivity contribution in [2.45, 2.75) is 6.10 Å². The zero-order valence-electron chi connectivity index (χ0n) is 17.2. The SMILES string of the molecule is O=C(C1CN(C(=O)c2ccc(-c3ccccc3Cl)o2)c2ccccc2O1)N1CCOCC1. The molecule has 3 heterocycles. The number of halogens is 1. The molecule has 32 heavy (non-hydrogen) atoms. The van der Waals surface area contributed by atoms with Crippen molar-refractivity contribution < 1.29 is 23.5 Å². The Hall–Kier alpha value is -3.29. The molecule has 0 radical (unpaired) electrons. The molecule has 2 aliphatic rings. The fourth-order valence-electron chi connectivity index (χ4n) is 3.93. The fourth-order valence-corrected chi connectivity index (χ4v) is 4.16. The first-order valence-electron chi connectivity index (χ1n) is 10.4. The van der Waals surface area contributed by atoms with Crippen molar-refractivity contribution in [3.8, 4) is 17.1 Å². The quantitative estimate of drug-likeness (QED) is 0.603. The van der Waals surface area contributed by atoms with Gasteiger partial charge in [0, 0.05) is 18.7 Å². The highest BCUT2D eigenvalue weighted by Crippen LogP contribution is 2.36. The third-order valence-corrected chi connectivity index (χ3v) is 5.90. The van der Waals surface area contributed by atoms with E-state index in [1.807, 2.05) is 30.3 Å². The van der Waals surface area contributed by atoms with E-state index in [2.05, 4.69) is 0 Å². The summed E-state index contributed by atoms with van der Waals surface area (Å²) in [5.74, 6) is 0.642. The van der Waals surface area contributed by atoms with Crippen LogP contribution in [0.2, 0.25) is 5.02 Å². The van der Waals surface area contributed by atoms with Gasteiger partial charge in [-0.2, -0.15) is 0 Å². The molecule has 7 nitrogen and oxygen atoms in total. The molecule has 3 aromatic rings. The number of anilines is 1. The summed E-state index contributed by atoms with van der Waals surface area (Å²) in [6, 6.07) is 17.8. The number of para-hydroxylation sites is 2. The van der Waals surface area contributed by atoms with Crippen molar-refractivity contribution >= 4 is 29.1 Å². The molecule has 1 fully saturated rings. The maximum atomic E-state index is 13.4. The Morgan fingerprint density at radius 1 is 0.938 bits per heavy atom. The monoisotopic (exact) mass is 452 g/mol. The lowest BCUT2D eigenvalue weighted by atomic mass is 10.1. The highest BCUT2D eigenvalue weighted by molar-refractivity contribution is 6.33. The van der Waals surface area contributed by atoms with Gasteiger partial charge in [-0.05, 0) is 36.4 Å². The molecule has 0 aliphatic carbocycles. The molecule has 1 saturated heterocycles. The van der Waals surface area contributed by atoms with Gasteiger partial charge in [0.25, 0.3) is 11.8 Å². The molecule has 2 amide bonds. The van der Waals surface area contributed by atoms with Crippen LogP contribution in [0, 0.1) is 0 Å². The van der Waals surface area contributed by atoms with Gasteiger partial charge in [0.1, 0.15) is 11.5 Å². The van der Waals surface area contributed by atoms with E-state index in [1.54, 1.807) is 35.2 Å². The molecule has 1 aromatic heterocycles. The van der Waals surface area contributed by atoms with E-state index in [0.29, 0.717) is 54.1 Å². The zero-order chi connectivity index (χ0) is 22.1. The number of furan rings is 1. The number of nitrogens with zero attached hydrogens (tertiary/aromatic N) is 2. The first-order valence-corrected chi connectivity index (χ1v) is 10.8. The van der Waals surface area contributed by atoms with Gasteiger partial charge in [0.05, 0.1) is 30.5 Å². The number of amides is 2. The van der Waals surface area contributed by atoms with Gasteiger partial charge < -0.3 is 18.8 Å². The summed E-state index contributed by atoms with van der Waals surface area (Å²) in [6.45, 7) is 2.10. The van der Waals surface area contributed by atoms with Gasteiger partial charge in [-0.1, -0.05) is 35.9 Å². The Balaban J connectivity index is 1.43. The number of carbonyl (C=O) groups excluding carboxylic acids is 2. The Morgan fingerprint density at radius 3 is 2.50 bits per heavy atom. The van der Waals surface area contributed by atoms with E-state index in [9.17, 15) is 9.59 Å². The van der Waals surface area contributed by atoms with Crippen LogP contribution < -0.4 is 9.64 Å². The van der Waals surface area contributed by atoms with Crippen molar-refractivity contribution in [1.29, 1.82) is 0 Å². The van der Waals surface area contributed by atoms with E-state index >= 15 is 0 Å². The number of carbonyl (C=O) groups is 2. The second-order valence-electron chi connectivity index (χ2n) is 7.57. The topological polar surface area (TPSA) is 72.2 Å². The average Bonchev–Trinajstić information content (AvgIpc) is 3.33. The Bertz CT molecular complexity index is 1150.